The van der Waals surface area contributed by atoms with E-state index in [9.17, 15) is 32.2 Å². The number of sulfone groups is 1. The minimum Gasteiger partial charge on any atom is -0.393 e. The summed E-state index contributed by atoms with van der Waals surface area (Å²) in [6.07, 6.45) is 1.36. The van der Waals surface area contributed by atoms with Crippen LogP contribution in [0.3, 0.4) is 0 Å². The first-order chi connectivity index (χ1) is 15.9. The Hall–Kier alpha value is -2.07. The SMILES string of the molecule is CC(O)C[C@@]1(O)C2CC[C@H]1C[C@H](S(=O)(=O)c1cc(C(=O)Nc3ccc(F)c(F)c3)ccc1Cl)C2. The molecule has 3 N–H and O–H groups in total. The van der Waals surface area contributed by atoms with Gasteiger partial charge in [-0.25, -0.2) is 17.2 Å². The molecule has 0 aromatic heterocycles. The van der Waals surface area contributed by atoms with Gasteiger partial charge in [-0.05, 0) is 74.8 Å². The van der Waals surface area contributed by atoms with Crippen LogP contribution in [-0.2, 0) is 9.84 Å². The van der Waals surface area contributed by atoms with Gasteiger partial charge in [-0.15, -0.1) is 0 Å². The van der Waals surface area contributed by atoms with E-state index in [4.69, 9.17) is 11.6 Å². The van der Waals surface area contributed by atoms with Crippen LogP contribution in [0.2, 0.25) is 5.02 Å². The number of halogens is 3. The molecule has 0 heterocycles. The minimum atomic E-state index is -3.93. The number of carbonyl (C=O) groups is 1. The van der Waals surface area contributed by atoms with Crippen molar-refractivity contribution in [1.29, 1.82) is 0 Å². The molecule has 10 heteroatoms. The van der Waals surface area contributed by atoms with Gasteiger partial charge in [0.05, 0.1) is 26.9 Å². The number of aliphatic hydroxyl groups is 2. The number of nitrogens with one attached hydrogen (secondary N) is 1. The van der Waals surface area contributed by atoms with Crippen LogP contribution in [0.5, 0.6) is 0 Å². The summed E-state index contributed by atoms with van der Waals surface area (Å²) in [7, 11) is -3.93. The summed E-state index contributed by atoms with van der Waals surface area (Å²) in [4.78, 5) is 12.5. The summed E-state index contributed by atoms with van der Waals surface area (Å²) in [5.41, 5.74) is -1.07. The summed E-state index contributed by atoms with van der Waals surface area (Å²) >= 11 is 6.23. The molecular weight excluding hydrogens is 488 g/mol. The minimum absolute atomic E-state index is 0.00269. The van der Waals surface area contributed by atoms with Crippen LogP contribution >= 0.6 is 11.6 Å². The van der Waals surface area contributed by atoms with Crippen molar-refractivity contribution in [3.63, 3.8) is 0 Å². The zero-order valence-corrected chi connectivity index (χ0v) is 20.0. The topological polar surface area (TPSA) is 104 Å². The third-order valence-electron chi connectivity index (χ3n) is 7.11. The third-order valence-corrected chi connectivity index (χ3v) is 9.77. The molecule has 6 nitrogen and oxygen atoms in total. The van der Waals surface area contributed by atoms with Crippen molar-refractivity contribution in [2.75, 3.05) is 5.32 Å². The number of carbonyl (C=O) groups excluding carboxylic acids is 1. The molecule has 34 heavy (non-hydrogen) atoms. The number of hydrogen-bond donors (Lipinski definition) is 3. The summed E-state index contributed by atoms with van der Waals surface area (Å²) in [5, 5.41) is 22.6. The van der Waals surface area contributed by atoms with E-state index in [1.54, 1.807) is 6.92 Å². The van der Waals surface area contributed by atoms with Crippen molar-refractivity contribution < 1.29 is 32.2 Å². The molecule has 1 amide bonds. The Bertz CT molecular complexity index is 1210. The largest absolute Gasteiger partial charge is 0.393 e. The lowest BCUT2D eigenvalue weighted by atomic mass is 9.71. The standard InChI is InChI=1S/C24H26ClF2NO5S/c1-13(29)12-24(31)15-3-4-16(24)10-18(9-15)34(32,33)22-8-14(2-6-19(22)25)23(30)28-17-5-7-20(26)21(27)11-17/h2,5-8,11,13,15-16,18,29,31H,3-4,9-10,12H2,1H3,(H,28,30)/t13?,15-,16?,18-,24-/m0/s1. The molecule has 0 saturated heterocycles. The van der Waals surface area contributed by atoms with E-state index < -0.39 is 44.3 Å². The second-order valence-electron chi connectivity index (χ2n) is 9.38. The molecule has 2 unspecified atom stereocenters. The van der Waals surface area contributed by atoms with Gasteiger partial charge in [0.25, 0.3) is 5.91 Å². The van der Waals surface area contributed by atoms with Gasteiger partial charge in [0.15, 0.2) is 21.5 Å². The quantitative estimate of drug-likeness (QED) is 0.533. The Morgan fingerprint density at radius 1 is 1.15 bits per heavy atom. The highest BCUT2D eigenvalue weighted by Crippen LogP contribution is 2.53. The highest BCUT2D eigenvalue weighted by molar-refractivity contribution is 7.92. The van der Waals surface area contributed by atoms with Crippen LogP contribution < -0.4 is 5.32 Å². The maximum Gasteiger partial charge on any atom is 0.255 e. The number of aliphatic hydroxyl groups excluding tert-OH is 1. The van der Waals surface area contributed by atoms with Gasteiger partial charge in [0, 0.05) is 23.7 Å². The van der Waals surface area contributed by atoms with Gasteiger partial charge in [-0.3, -0.25) is 4.79 Å². The molecule has 2 aliphatic rings. The van der Waals surface area contributed by atoms with E-state index in [1.165, 1.54) is 24.3 Å². The Kier molecular flexibility index (Phi) is 6.76. The Balaban J connectivity index is 1.58. The molecule has 2 saturated carbocycles. The van der Waals surface area contributed by atoms with Crippen molar-refractivity contribution in [2.24, 2.45) is 11.8 Å². The van der Waals surface area contributed by atoms with Crippen molar-refractivity contribution in [2.45, 2.75) is 60.9 Å². The molecule has 0 radical (unpaired) electrons. The number of fused-ring (bicyclic) bond motifs is 2. The molecule has 0 aliphatic heterocycles. The third kappa shape index (κ3) is 4.58. The average molecular weight is 514 g/mol. The monoisotopic (exact) mass is 513 g/mol. The molecule has 2 aromatic rings. The Morgan fingerprint density at radius 2 is 1.79 bits per heavy atom. The summed E-state index contributed by atoms with van der Waals surface area (Å²) in [6.45, 7) is 1.61. The van der Waals surface area contributed by atoms with Crippen molar-refractivity contribution >= 4 is 33.0 Å². The maximum atomic E-state index is 13.5. The lowest BCUT2D eigenvalue weighted by molar-refractivity contribution is -0.0861. The van der Waals surface area contributed by atoms with Gasteiger partial charge in [0.1, 0.15) is 0 Å². The number of rotatable bonds is 6. The number of amides is 1. The zero-order chi connectivity index (χ0) is 24.8. The molecule has 2 bridgehead atoms. The molecular formula is C24H26ClF2NO5S. The van der Waals surface area contributed by atoms with Gasteiger partial charge in [-0.2, -0.15) is 0 Å². The molecule has 5 atom stereocenters. The summed E-state index contributed by atoms with van der Waals surface area (Å²) in [5.74, 6) is -3.38. The van der Waals surface area contributed by atoms with Crippen molar-refractivity contribution in [3.05, 3.63) is 58.6 Å². The number of hydrogen-bond acceptors (Lipinski definition) is 5. The summed E-state index contributed by atoms with van der Waals surface area (Å²) < 4.78 is 53.7. The molecule has 4 rings (SSSR count). The number of benzene rings is 2. The number of anilines is 1. The fourth-order valence-corrected chi connectivity index (χ4v) is 7.89. The van der Waals surface area contributed by atoms with Crippen LogP contribution in [0.25, 0.3) is 0 Å². The van der Waals surface area contributed by atoms with E-state index in [0.717, 1.165) is 12.1 Å². The van der Waals surface area contributed by atoms with Crippen molar-refractivity contribution in [3.8, 4) is 0 Å². The summed E-state index contributed by atoms with van der Waals surface area (Å²) in [6, 6.07) is 6.74. The average Bonchev–Trinajstić information content (AvgIpc) is 2.92. The molecule has 0 spiro atoms. The second kappa shape index (κ2) is 9.18. The highest BCUT2D eigenvalue weighted by Gasteiger charge is 2.55. The first kappa shape index (κ1) is 25.0. The van der Waals surface area contributed by atoms with E-state index in [-0.39, 0.29) is 52.3 Å². The normalized spacial score (nSPS) is 27.4. The molecule has 2 fully saturated rings. The Labute approximate surface area is 201 Å². The second-order valence-corrected chi connectivity index (χ2v) is 12.0. The van der Waals surface area contributed by atoms with Gasteiger partial charge in [-0.1, -0.05) is 11.6 Å². The maximum absolute atomic E-state index is 13.5. The van der Waals surface area contributed by atoms with E-state index in [0.29, 0.717) is 12.8 Å². The van der Waals surface area contributed by atoms with Crippen LogP contribution in [0.1, 0.15) is 49.4 Å². The van der Waals surface area contributed by atoms with E-state index >= 15 is 0 Å². The molecule has 2 aliphatic carbocycles. The Morgan fingerprint density at radius 3 is 2.38 bits per heavy atom. The van der Waals surface area contributed by atoms with Crippen LogP contribution in [0, 0.1) is 23.5 Å². The lowest BCUT2D eigenvalue weighted by Gasteiger charge is -2.43. The highest BCUT2D eigenvalue weighted by atomic mass is 35.5. The van der Waals surface area contributed by atoms with Crippen LogP contribution in [0.4, 0.5) is 14.5 Å². The lowest BCUT2D eigenvalue weighted by Crippen LogP contribution is -2.49. The van der Waals surface area contributed by atoms with E-state index in [2.05, 4.69) is 5.32 Å². The van der Waals surface area contributed by atoms with Crippen LogP contribution in [-0.4, -0.2) is 41.5 Å². The van der Waals surface area contributed by atoms with Gasteiger partial charge in [0.2, 0.25) is 0 Å². The van der Waals surface area contributed by atoms with E-state index in [1.807, 2.05) is 0 Å². The zero-order valence-electron chi connectivity index (χ0n) is 18.5. The smallest absolute Gasteiger partial charge is 0.255 e. The van der Waals surface area contributed by atoms with Crippen LogP contribution in [0.15, 0.2) is 41.3 Å². The predicted octanol–water partition coefficient (Wildman–Crippen LogP) is 4.33. The van der Waals surface area contributed by atoms with Gasteiger partial charge < -0.3 is 15.5 Å². The fourth-order valence-electron chi connectivity index (χ4n) is 5.49. The first-order valence-corrected chi connectivity index (χ1v) is 13.0. The first-order valence-electron chi connectivity index (χ1n) is 11.1. The molecule has 2 aromatic carbocycles. The van der Waals surface area contributed by atoms with Crippen molar-refractivity contribution in [1.82, 2.24) is 0 Å². The predicted molar refractivity (Wildman–Crippen MR) is 123 cm³/mol. The van der Waals surface area contributed by atoms with Gasteiger partial charge >= 0.3 is 0 Å². The fraction of sp³-hybridized carbons (Fsp3) is 0.458. The molecule has 184 valence electrons.